The fourth-order valence-corrected chi connectivity index (χ4v) is 4.26. The fourth-order valence-electron chi connectivity index (χ4n) is 3.60. The Kier molecular flexibility index (Phi) is 6.42. The Hall–Kier alpha value is -1.90. The number of benzene rings is 1. The summed E-state index contributed by atoms with van der Waals surface area (Å²) in [5.74, 6) is -1.05. The van der Waals surface area contributed by atoms with E-state index in [9.17, 15) is 18.0 Å². The highest BCUT2D eigenvalue weighted by Gasteiger charge is 2.63. The van der Waals surface area contributed by atoms with Gasteiger partial charge in [0.1, 0.15) is 0 Å². The molecule has 1 fully saturated rings. The second-order valence-electron chi connectivity index (χ2n) is 6.80. The van der Waals surface area contributed by atoms with E-state index in [2.05, 4.69) is 10.3 Å². The third-order valence-electron chi connectivity index (χ3n) is 5.05. The van der Waals surface area contributed by atoms with Gasteiger partial charge in [0.05, 0.1) is 0 Å². The Labute approximate surface area is 166 Å². The minimum Gasteiger partial charge on any atom is -0.356 e. The van der Waals surface area contributed by atoms with Crippen LogP contribution in [0.5, 0.6) is 0 Å². The lowest BCUT2D eigenvalue weighted by Crippen LogP contribution is -2.57. The maximum Gasteiger partial charge on any atom is 0.430 e. The van der Waals surface area contributed by atoms with Crippen molar-refractivity contribution in [2.45, 2.75) is 24.7 Å². The monoisotopic (exact) mass is 412 g/mol. The first-order chi connectivity index (χ1) is 13.4. The molecule has 28 heavy (non-hydrogen) atoms. The average molecular weight is 412 g/mol. The van der Waals surface area contributed by atoms with Gasteiger partial charge in [-0.15, -0.1) is 0 Å². The van der Waals surface area contributed by atoms with Crippen molar-refractivity contribution in [3.63, 3.8) is 0 Å². The summed E-state index contributed by atoms with van der Waals surface area (Å²) in [5.41, 5.74) is -2.01. The lowest BCUT2D eigenvalue weighted by molar-refractivity contribution is -0.270. The zero-order valence-corrected chi connectivity index (χ0v) is 16.4. The highest BCUT2D eigenvalue weighted by atomic mass is 32.1. The van der Waals surface area contributed by atoms with Crippen LogP contribution < -0.4 is 0 Å². The van der Waals surface area contributed by atoms with E-state index >= 15 is 0 Å². The number of ether oxygens (including phenoxy) is 1. The number of carbonyl (C=O) groups is 1. The molecule has 2 aromatic rings. The van der Waals surface area contributed by atoms with Crippen molar-refractivity contribution < 1.29 is 22.7 Å². The molecule has 3 rings (SSSR count). The molecule has 8 heteroatoms. The Balaban J connectivity index is 1.81. The summed E-state index contributed by atoms with van der Waals surface area (Å²) in [5, 5.41) is 4.06. The number of rotatable bonds is 5. The molecule has 1 atom stereocenters. The number of halogens is 3. The molecule has 1 unspecified atom stereocenters. The Bertz CT molecular complexity index is 768. The molecule has 0 bridgehead atoms. The minimum atomic E-state index is -4.87. The van der Waals surface area contributed by atoms with E-state index in [1.165, 1.54) is 34.7 Å². The second-order valence-corrected chi connectivity index (χ2v) is 7.58. The molecule has 2 heterocycles. The molecule has 1 aromatic heterocycles. The summed E-state index contributed by atoms with van der Waals surface area (Å²) in [7, 11) is 0.944. The lowest BCUT2D eigenvalue weighted by Gasteiger charge is -2.37. The van der Waals surface area contributed by atoms with Gasteiger partial charge in [-0.3, -0.25) is 9.69 Å². The Morgan fingerprint density at radius 3 is 2.46 bits per heavy atom. The normalized spacial score (nSPS) is 18.5. The predicted molar refractivity (Wildman–Crippen MR) is 102 cm³/mol. The van der Waals surface area contributed by atoms with Gasteiger partial charge in [-0.05, 0) is 28.8 Å². The quantitative estimate of drug-likeness (QED) is 0.747. The molecule has 1 amide bonds. The van der Waals surface area contributed by atoms with Gasteiger partial charge in [0.25, 0.3) is 11.5 Å². The fraction of sp³-hybridized carbons (Fsp3) is 0.450. The van der Waals surface area contributed by atoms with Gasteiger partial charge in [-0.2, -0.15) is 24.5 Å². The summed E-state index contributed by atoms with van der Waals surface area (Å²) in [6.45, 7) is 2.49. The van der Waals surface area contributed by atoms with Gasteiger partial charge in [-0.1, -0.05) is 30.3 Å². The van der Waals surface area contributed by atoms with Crippen LogP contribution in [-0.4, -0.2) is 55.2 Å². The molecule has 1 saturated heterocycles. The topological polar surface area (TPSA) is 32.8 Å². The van der Waals surface area contributed by atoms with Gasteiger partial charge >= 0.3 is 6.18 Å². The molecule has 0 aliphatic carbocycles. The largest absolute Gasteiger partial charge is 0.430 e. The maximum absolute atomic E-state index is 14.1. The van der Waals surface area contributed by atoms with Crippen molar-refractivity contribution in [3.8, 4) is 0 Å². The molecular weight excluding hydrogens is 389 g/mol. The van der Waals surface area contributed by atoms with Crippen LogP contribution in [0, 0.1) is 0 Å². The molecule has 0 saturated carbocycles. The zero-order valence-electron chi connectivity index (χ0n) is 15.6. The third kappa shape index (κ3) is 4.09. The van der Waals surface area contributed by atoms with Crippen LogP contribution in [0.15, 0.2) is 47.2 Å². The number of thiophene rings is 1. The number of methoxy groups -OCH3 is 1. The second kappa shape index (κ2) is 8.63. The van der Waals surface area contributed by atoms with E-state index in [-0.39, 0.29) is 18.7 Å². The number of hydrogen-bond donors (Lipinski definition) is 0. The maximum atomic E-state index is 14.1. The summed E-state index contributed by atoms with van der Waals surface area (Å²) in [4.78, 5) is 16.6. The SMILES string of the molecule is COC(C(=O)N1CCCN(Cc2ccsc2)CC1)(c1ccccc1)C(F)(F)F. The smallest absolute Gasteiger partial charge is 0.356 e. The molecule has 1 aromatic carbocycles. The molecule has 1 aliphatic heterocycles. The Morgan fingerprint density at radius 2 is 1.86 bits per heavy atom. The van der Waals surface area contributed by atoms with Gasteiger partial charge in [-0.25, -0.2) is 0 Å². The number of carbonyl (C=O) groups excluding carboxylic acids is 1. The van der Waals surface area contributed by atoms with E-state index in [1.54, 1.807) is 17.4 Å². The third-order valence-corrected chi connectivity index (χ3v) is 5.78. The van der Waals surface area contributed by atoms with E-state index in [0.29, 0.717) is 13.0 Å². The van der Waals surface area contributed by atoms with Gasteiger partial charge in [0, 0.05) is 45.4 Å². The molecule has 152 valence electrons. The summed E-state index contributed by atoms with van der Waals surface area (Å²) >= 11 is 1.61. The van der Waals surface area contributed by atoms with Crippen LogP contribution in [0.1, 0.15) is 17.5 Å². The first kappa shape index (κ1) is 20.8. The molecular formula is C20H23F3N2O2S. The molecule has 4 nitrogen and oxygen atoms in total. The van der Waals surface area contributed by atoms with Crippen molar-refractivity contribution in [1.29, 1.82) is 0 Å². The lowest BCUT2D eigenvalue weighted by atomic mass is 9.91. The number of nitrogens with zero attached hydrogens (tertiary/aromatic N) is 2. The van der Waals surface area contributed by atoms with Crippen LogP contribution in [0.2, 0.25) is 0 Å². The van der Waals surface area contributed by atoms with Crippen molar-refractivity contribution >= 4 is 17.2 Å². The van der Waals surface area contributed by atoms with E-state index < -0.39 is 17.7 Å². The number of alkyl halides is 3. The van der Waals surface area contributed by atoms with E-state index in [4.69, 9.17) is 4.74 Å². The van der Waals surface area contributed by atoms with Crippen LogP contribution in [0.3, 0.4) is 0 Å². The van der Waals surface area contributed by atoms with Gasteiger partial charge < -0.3 is 9.64 Å². The van der Waals surface area contributed by atoms with Crippen molar-refractivity contribution in [2.75, 3.05) is 33.3 Å². The standard InChI is InChI=1S/C20H23F3N2O2S/c1-27-19(20(21,22)23,17-6-3-2-4-7-17)18(26)25-10-5-9-24(11-12-25)14-16-8-13-28-15-16/h2-4,6-8,13,15H,5,9-12,14H2,1H3. The van der Waals surface area contributed by atoms with Crippen molar-refractivity contribution in [2.24, 2.45) is 0 Å². The summed E-state index contributed by atoms with van der Waals surface area (Å²) in [6.07, 6.45) is -4.26. The highest BCUT2D eigenvalue weighted by Crippen LogP contribution is 2.43. The van der Waals surface area contributed by atoms with Crippen molar-refractivity contribution in [1.82, 2.24) is 9.80 Å². The number of hydrogen-bond acceptors (Lipinski definition) is 4. The van der Waals surface area contributed by atoms with E-state index in [0.717, 1.165) is 20.2 Å². The average Bonchev–Trinajstić information content (AvgIpc) is 3.06. The van der Waals surface area contributed by atoms with Crippen LogP contribution in [0.4, 0.5) is 13.2 Å². The zero-order chi connectivity index (χ0) is 20.2. The highest BCUT2D eigenvalue weighted by molar-refractivity contribution is 7.07. The predicted octanol–water partition coefficient (Wildman–Crippen LogP) is 3.89. The van der Waals surface area contributed by atoms with Crippen molar-refractivity contribution in [3.05, 3.63) is 58.3 Å². The van der Waals surface area contributed by atoms with Crippen LogP contribution in [0.25, 0.3) is 0 Å². The molecule has 0 spiro atoms. The van der Waals surface area contributed by atoms with Gasteiger partial charge in [0.15, 0.2) is 0 Å². The van der Waals surface area contributed by atoms with Crippen LogP contribution >= 0.6 is 11.3 Å². The number of amides is 1. The Morgan fingerprint density at radius 1 is 1.11 bits per heavy atom. The molecule has 0 radical (unpaired) electrons. The molecule has 1 aliphatic rings. The van der Waals surface area contributed by atoms with Crippen LogP contribution in [-0.2, 0) is 21.7 Å². The minimum absolute atomic E-state index is 0.200. The molecule has 0 N–H and O–H groups in total. The summed E-state index contributed by atoms with van der Waals surface area (Å²) in [6, 6.07) is 9.18. The first-order valence-corrected chi connectivity index (χ1v) is 10.0. The van der Waals surface area contributed by atoms with E-state index in [1.807, 2.05) is 11.4 Å². The van der Waals surface area contributed by atoms with Gasteiger partial charge in [0.2, 0.25) is 0 Å². The first-order valence-electron chi connectivity index (χ1n) is 9.08. The summed E-state index contributed by atoms with van der Waals surface area (Å²) < 4.78 is 47.3.